The van der Waals surface area contributed by atoms with Crippen LogP contribution in [0, 0.1) is 5.92 Å². The van der Waals surface area contributed by atoms with E-state index in [4.69, 9.17) is 0 Å². The first-order chi connectivity index (χ1) is 15.5. The normalized spacial score (nSPS) is 23.0. The number of imide groups is 1. The predicted octanol–water partition coefficient (Wildman–Crippen LogP) is 4.40. The van der Waals surface area contributed by atoms with Crippen LogP contribution in [0.15, 0.2) is 48.5 Å². The van der Waals surface area contributed by atoms with Crippen molar-refractivity contribution < 1.29 is 14.4 Å². The molecule has 1 saturated carbocycles. The second-order valence-corrected chi connectivity index (χ2v) is 9.58. The molecule has 2 N–H and O–H groups in total. The van der Waals surface area contributed by atoms with Gasteiger partial charge in [0.2, 0.25) is 5.91 Å². The summed E-state index contributed by atoms with van der Waals surface area (Å²) in [6.45, 7) is 1.70. The number of nitrogens with one attached hydrogen (secondary N) is 2. The van der Waals surface area contributed by atoms with Crippen molar-refractivity contribution in [1.29, 1.82) is 0 Å². The van der Waals surface area contributed by atoms with Crippen LogP contribution in [-0.2, 0) is 9.59 Å². The Morgan fingerprint density at radius 3 is 2.72 bits per heavy atom. The minimum atomic E-state index is -0.853. The van der Waals surface area contributed by atoms with Crippen molar-refractivity contribution in [2.24, 2.45) is 5.92 Å². The lowest BCUT2D eigenvalue weighted by Gasteiger charge is -2.36. The van der Waals surface area contributed by atoms with Gasteiger partial charge in [-0.25, -0.2) is 9.78 Å². The number of aromatic nitrogens is 1. The van der Waals surface area contributed by atoms with Crippen LogP contribution in [0.25, 0.3) is 20.8 Å². The summed E-state index contributed by atoms with van der Waals surface area (Å²) in [6, 6.07) is 14.9. The fraction of sp³-hybridized carbons (Fsp3) is 0.333. The Morgan fingerprint density at radius 1 is 1.19 bits per heavy atom. The Morgan fingerprint density at radius 2 is 1.97 bits per heavy atom. The summed E-state index contributed by atoms with van der Waals surface area (Å²) in [7, 11) is 0. The van der Waals surface area contributed by atoms with Gasteiger partial charge < -0.3 is 10.6 Å². The third-order valence-corrected chi connectivity index (χ3v) is 7.60. The highest BCUT2D eigenvalue weighted by Gasteiger charge is 2.55. The third-order valence-electron chi connectivity index (χ3n) is 6.51. The quantitative estimate of drug-likeness (QED) is 0.579. The summed E-state index contributed by atoms with van der Waals surface area (Å²) in [6.07, 6.45) is 3.48. The molecule has 0 unspecified atom stereocenters. The van der Waals surface area contributed by atoms with E-state index in [2.05, 4.69) is 15.6 Å². The zero-order valence-electron chi connectivity index (χ0n) is 17.8. The van der Waals surface area contributed by atoms with Crippen molar-refractivity contribution in [2.45, 2.75) is 38.1 Å². The van der Waals surface area contributed by atoms with E-state index in [0.717, 1.165) is 45.0 Å². The summed E-state index contributed by atoms with van der Waals surface area (Å²) in [5.74, 6) is -0.617. The molecule has 7 nitrogen and oxygen atoms in total. The van der Waals surface area contributed by atoms with Crippen LogP contribution in [-0.4, -0.2) is 39.8 Å². The number of hydrogen-bond acceptors (Lipinski definition) is 5. The SMILES string of the molecule is C[C@@H]1CCCC[C@@]12NC(=O)N(CC(=O)Nc1ccc(-c3nc4ccccc4s3)cc1)C2=O. The second-order valence-electron chi connectivity index (χ2n) is 8.55. The maximum atomic E-state index is 13.0. The van der Waals surface area contributed by atoms with Crippen molar-refractivity contribution in [3.05, 3.63) is 48.5 Å². The van der Waals surface area contributed by atoms with Gasteiger partial charge in [0, 0.05) is 11.3 Å². The highest BCUT2D eigenvalue weighted by Crippen LogP contribution is 2.38. The number of fused-ring (bicyclic) bond motifs is 1. The van der Waals surface area contributed by atoms with E-state index in [1.54, 1.807) is 23.5 Å². The van der Waals surface area contributed by atoms with Gasteiger partial charge in [0.1, 0.15) is 17.1 Å². The number of hydrogen-bond donors (Lipinski definition) is 2. The van der Waals surface area contributed by atoms with Crippen LogP contribution in [0.4, 0.5) is 10.5 Å². The zero-order valence-corrected chi connectivity index (χ0v) is 18.6. The molecule has 2 fully saturated rings. The van der Waals surface area contributed by atoms with Crippen LogP contribution in [0.2, 0.25) is 0 Å². The molecule has 5 rings (SSSR count). The molecule has 164 valence electrons. The van der Waals surface area contributed by atoms with Gasteiger partial charge in [0.05, 0.1) is 10.2 Å². The summed E-state index contributed by atoms with van der Waals surface area (Å²) >= 11 is 1.62. The average Bonchev–Trinajstić information content (AvgIpc) is 3.32. The highest BCUT2D eigenvalue weighted by atomic mass is 32.1. The lowest BCUT2D eigenvalue weighted by molar-refractivity contribution is -0.136. The van der Waals surface area contributed by atoms with Crippen LogP contribution < -0.4 is 10.6 Å². The maximum Gasteiger partial charge on any atom is 0.325 e. The largest absolute Gasteiger partial charge is 0.325 e. The number of amides is 4. The highest BCUT2D eigenvalue weighted by molar-refractivity contribution is 7.21. The fourth-order valence-electron chi connectivity index (χ4n) is 4.67. The van der Waals surface area contributed by atoms with Gasteiger partial charge >= 0.3 is 6.03 Å². The van der Waals surface area contributed by atoms with Gasteiger partial charge in [0.25, 0.3) is 5.91 Å². The van der Waals surface area contributed by atoms with Crippen LogP contribution >= 0.6 is 11.3 Å². The first-order valence-electron chi connectivity index (χ1n) is 10.9. The molecule has 32 heavy (non-hydrogen) atoms. The number of rotatable bonds is 4. The molecule has 3 aromatic rings. The van der Waals surface area contributed by atoms with E-state index in [0.29, 0.717) is 12.1 Å². The Bertz CT molecular complexity index is 1170. The maximum absolute atomic E-state index is 13.0. The molecule has 8 heteroatoms. The van der Waals surface area contributed by atoms with Gasteiger partial charge in [-0.15, -0.1) is 11.3 Å². The molecule has 0 radical (unpaired) electrons. The Balaban J connectivity index is 1.25. The van der Waals surface area contributed by atoms with E-state index < -0.39 is 17.5 Å². The summed E-state index contributed by atoms with van der Waals surface area (Å²) in [5, 5.41) is 6.58. The summed E-state index contributed by atoms with van der Waals surface area (Å²) in [4.78, 5) is 43.8. The molecule has 2 heterocycles. The fourth-order valence-corrected chi connectivity index (χ4v) is 5.65. The van der Waals surface area contributed by atoms with Gasteiger partial charge in [0.15, 0.2) is 0 Å². The Hall–Kier alpha value is -3.26. The molecule has 1 aliphatic carbocycles. The van der Waals surface area contributed by atoms with Crippen LogP contribution in [0.3, 0.4) is 0 Å². The van der Waals surface area contributed by atoms with Gasteiger partial charge in [-0.05, 0) is 55.2 Å². The van der Waals surface area contributed by atoms with E-state index in [1.165, 1.54) is 0 Å². The molecule has 2 aromatic carbocycles. The van der Waals surface area contributed by atoms with E-state index in [9.17, 15) is 14.4 Å². The van der Waals surface area contributed by atoms with E-state index in [1.807, 2.05) is 43.3 Å². The molecule has 2 atom stereocenters. The number of benzene rings is 2. The molecule has 4 amide bonds. The second kappa shape index (κ2) is 8.02. The lowest BCUT2D eigenvalue weighted by Crippen LogP contribution is -2.54. The number of carbonyl (C=O) groups is 3. The number of urea groups is 1. The lowest BCUT2D eigenvalue weighted by atomic mass is 9.73. The van der Waals surface area contributed by atoms with E-state index >= 15 is 0 Å². The number of para-hydroxylation sites is 1. The molecular formula is C24H24N4O3S. The van der Waals surface area contributed by atoms with Crippen molar-refractivity contribution in [3.8, 4) is 10.6 Å². The average molecular weight is 449 g/mol. The van der Waals surface area contributed by atoms with Crippen LogP contribution in [0.1, 0.15) is 32.6 Å². The summed E-state index contributed by atoms with van der Waals surface area (Å²) in [5.41, 5.74) is 1.68. The molecular weight excluding hydrogens is 424 g/mol. The van der Waals surface area contributed by atoms with Crippen molar-refractivity contribution in [3.63, 3.8) is 0 Å². The Kier molecular flexibility index (Phi) is 5.17. The first kappa shape index (κ1) is 20.6. The minimum absolute atomic E-state index is 0.0656. The number of thiazole rings is 1. The van der Waals surface area contributed by atoms with Gasteiger partial charge in [-0.1, -0.05) is 31.9 Å². The molecule has 2 aliphatic rings. The zero-order chi connectivity index (χ0) is 22.3. The van der Waals surface area contributed by atoms with Gasteiger partial charge in [-0.2, -0.15) is 0 Å². The molecule has 0 bridgehead atoms. The van der Waals surface area contributed by atoms with Crippen LogP contribution in [0.5, 0.6) is 0 Å². The number of carbonyl (C=O) groups excluding carboxylic acids is 3. The minimum Gasteiger partial charge on any atom is -0.325 e. The number of nitrogens with zero attached hydrogens (tertiary/aromatic N) is 2. The molecule has 1 aromatic heterocycles. The van der Waals surface area contributed by atoms with Crippen molar-refractivity contribution in [1.82, 2.24) is 15.2 Å². The third kappa shape index (κ3) is 3.54. The molecule has 1 saturated heterocycles. The van der Waals surface area contributed by atoms with Crippen molar-refractivity contribution in [2.75, 3.05) is 11.9 Å². The molecule has 1 aliphatic heterocycles. The first-order valence-corrected chi connectivity index (χ1v) is 11.7. The summed E-state index contributed by atoms with van der Waals surface area (Å²) < 4.78 is 1.12. The van der Waals surface area contributed by atoms with E-state index in [-0.39, 0.29) is 18.4 Å². The topological polar surface area (TPSA) is 91.4 Å². The number of anilines is 1. The monoisotopic (exact) mass is 448 g/mol. The van der Waals surface area contributed by atoms with Gasteiger partial charge in [-0.3, -0.25) is 14.5 Å². The standard InChI is InChI=1S/C24H24N4O3S/c1-15-6-4-5-13-24(15)22(30)28(23(31)27-24)14-20(29)25-17-11-9-16(10-12-17)21-26-18-7-2-3-8-19(18)32-21/h2-3,7-12,15H,4-6,13-14H2,1H3,(H,25,29)(H,27,31)/t15-,24-/m1/s1. The molecule has 1 spiro atoms. The van der Waals surface area contributed by atoms with Crippen molar-refractivity contribution >= 4 is 45.1 Å². The predicted molar refractivity (Wildman–Crippen MR) is 124 cm³/mol. The Labute approximate surface area is 189 Å². The smallest absolute Gasteiger partial charge is 0.325 e.